The zero-order valence-electron chi connectivity index (χ0n) is 15.3. The molecule has 2 amide bonds. The predicted octanol–water partition coefficient (Wildman–Crippen LogP) is 3.12. The number of carbonyl (C=O) groups is 2. The molecule has 0 aromatic heterocycles. The number of amides is 2. The molecule has 0 bridgehead atoms. The van der Waals surface area contributed by atoms with Gasteiger partial charge >= 0.3 is 0 Å². The molecule has 26 heavy (non-hydrogen) atoms. The van der Waals surface area contributed by atoms with Gasteiger partial charge in [0.1, 0.15) is 0 Å². The van der Waals surface area contributed by atoms with Crippen molar-refractivity contribution in [1.82, 2.24) is 15.5 Å². The molecule has 1 saturated heterocycles. The van der Waals surface area contributed by atoms with E-state index in [4.69, 9.17) is 11.6 Å². The Morgan fingerprint density at radius 2 is 1.85 bits per heavy atom. The summed E-state index contributed by atoms with van der Waals surface area (Å²) in [6, 6.07) is 6.78. The Morgan fingerprint density at radius 3 is 2.46 bits per heavy atom. The molecule has 1 aliphatic heterocycles. The third-order valence-corrected chi connectivity index (χ3v) is 4.86. The Balaban J connectivity index is 0.00000338. The van der Waals surface area contributed by atoms with E-state index in [1.807, 2.05) is 4.90 Å². The molecule has 0 atom stereocenters. The third-order valence-electron chi connectivity index (χ3n) is 4.61. The number of likely N-dealkylation sites (tertiary alicyclic amines) is 1. The van der Waals surface area contributed by atoms with Crippen molar-refractivity contribution in [2.45, 2.75) is 32.6 Å². The van der Waals surface area contributed by atoms with Crippen molar-refractivity contribution >= 4 is 35.8 Å². The van der Waals surface area contributed by atoms with E-state index in [2.05, 4.69) is 17.6 Å². The fourth-order valence-corrected chi connectivity index (χ4v) is 3.16. The Hall–Kier alpha value is -1.30. The van der Waals surface area contributed by atoms with Gasteiger partial charge in [0.15, 0.2) is 0 Å². The average Bonchev–Trinajstić information content (AvgIpc) is 2.64. The van der Waals surface area contributed by atoms with Crippen LogP contribution in [0, 0.1) is 5.92 Å². The minimum Gasteiger partial charge on any atom is -0.352 e. The highest BCUT2D eigenvalue weighted by Gasteiger charge is 2.22. The van der Waals surface area contributed by atoms with E-state index in [1.54, 1.807) is 24.3 Å². The van der Waals surface area contributed by atoms with E-state index in [-0.39, 0.29) is 24.2 Å². The lowest BCUT2D eigenvalue weighted by Gasteiger charge is -2.32. The van der Waals surface area contributed by atoms with Crippen LogP contribution in [0.4, 0.5) is 0 Å². The maximum Gasteiger partial charge on any atom is 0.251 e. The molecular weight excluding hydrogens is 373 g/mol. The molecule has 0 unspecified atom stereocenters. The number of nitrogens with zero attached hydrogens (tertiary/aromatic N) is 1. The summed E-state index contributed by atoms with van der Waals surface area (Å²) in [6.45, 7) is 6.38. The van der Waals surface area contributed by atoms with Crippen LogP contribution in [0.15, 0.2) is 24.3 Å². The molecule has 2 rings (SSSR count). The zero-order valence-corrected chi connectivity index (χ0v) is 16.9. The molecule has 0 radical (unpaired) electrons. The first-order valence-electron chi connectivity index (χ1n) is 9.12. The predicted molar refractivity (Wildman–Crippen MR) is 108 cm³/mol. The second-order valence-corrected chi connectivity index (χ2v) is 6.93. The van der Waals surface area contributed by atoms with Gasteiger partial charge in [-0.1, -0.05) is 18.5 Å². The van der Waals surface area contributed by atoms with Gasteiger partial charge in [-0.2, -0.15) is 0 Å². The van der Waals surface area contributed by atoms with Crippen molar-refractivity contribution < 1.29 is 9.59 Å². The first kappa shape index (κ1) is 22.7. The topological polar surface area (TPSA) is 61.4 Å². The smallest absolute Gasteiger partial charge is 0.251 e. The van der Waals surface area contributed by atoms with Gasteiger partial charge in [0, 0.05) is 36.6 Å². The lowest BCUT2D eigenvalue weighted by Crippen LogP contribution is -2.41. The van der Waals surface area contributed by atoms with Crippen LogP contribution in [0.1, 0.15) is 43.0 Å². The molecule has 1 aromatic rings. The number of piperidine rings is 1. The molecule has 5 nitrogen and oxygen atoms in total. The van der Waals surface area contributed by atoms with Crippen molar-refractivity contribution in [1.29, 1.82) is 0 Å². The van der Waals surface area contributed by atoms with E-state index in [0.717, 1.165) is 39.0 Å². The van der Waals surface area contributed by atoms with Crippen LogP contribution in [0.3, 0.4) is 0 Å². The number of halogens is 2. The van der Waals surface area contributed by atoms with E-state index in [9.17, 15) is 9.59 Å². The maximum atomic E-state index is 12.3. The highest BCUT2D eigenvalue weighted by Crippen LogP contribution is 2.17. The van der Waals surface area contributed by atoms with Crippen LogP contribution in [0.2, 0.25) is 5.02 Å². The lowest BCUT2D eigenvalue weighted by atomic mass is 9.96. The normalized spacial score (nSPS) is 14.6. The van der Waals surface area contributed by atoms with Gasteiger partial charge in [-0.25, -0.2) is 0 Å². The number of carbonyl (C=O) groups excluding carboxylic acids is 2. The summed E-state index contributed by atoms with van der Waals surface area (Å²) < 4.78 is 0. The molecule has 1 heterocycles. The summed E-state index contributed by atoms with van der Waals surface area (Å²) in [5.74, 6) is 0.749. The maximum absolute atomic E-state index is 12.3. The second-order valence-electron chi connectivity index (χ2n) is 6.50. The van der Waals surface area contributed by atoms with Crippen molar-refractivity contribution in [3.8, 4) is 0 Å². The third kappa shape index (κ3) is 7.52. The van der Waals surface area contributed by atoms with Crippen LogP contribution in [-0.4, -0.2) is 49.4 Å². The largest absolute Gasteiger partial charge is 0.352 e. The molecule has 0 saturated carbocycles. The number of benzene rings is 1. The summed E-state index contributed by atoms with van der Waals surface area (Å²) in [5, 5.41) is 6.83. The van der Waals surface area contributed by atoms with E-state index in [0.29, 0.717) is 35.9 Å². The van der Waals surface area contributed by atoms with Gasteiger partial charge in [-0.15, -0.1) is 12.4 Å². The van der Waals surface area contributed by atoms with Crippen LogP contribution >= 0.6 is 24.0 Å². The Morgan fingerprint density at radius 1 is 1.19 bits per heavy atom. The SMILES string of the molecule is CCNCC1CCN(C(=O)CCCNC(=O)c2ccc(Cl)cc2)CC1.Cl. The summed E-state index contributed by atoms with van der Waals surface area (Å²) in [5.41, 5.74) is 0.582. The second kappa shape index (κ2) is 12.2. The van der Waals surface area contributed by atoms with Crippen LogP contribution in [0.5, 0.6) is 0 Å². The number of nitrogens with one attached hydrogen (secondary N) is 2. The van der Waals surface area contributed by atoms with Crippen LogP contribution in [0.25, 0.3) is 0 Å². The van der Waals surface area contributed by atoms with E-state index >= 15 is 0 Å². The minimum atomic E-state index is -0.131. The van der Waals surface area contributed by atoms with Crippen molar-refractivity contribution in [2.75, 3.05) is 32.7 Å². The number of hydrogen-bond acceptors (Lipinski definition) is 3. The van der Waals surface area contributed by atoms with E-state index < -0.39 is 0 Å². The average molecular weight is 402 g/mol. The molecule has 7 heteroatoms. The molecule has 0 aliphatic carbocycles. The first-order chi connectivity index (χ1) is 12.1. The quantitative estimate of drug-likeness (QED) is 0.657. The van der Waals surface area contributed by atoms with Gasteiger partial charge in [-0.05, 0) is 62.5 Å². The Bertz CT molecular complexity index is 558. The van der Waals surface area contributed by atoms with Crippen molar-refractivity contribution in [3.05, 3.63) is 34.9 Å². The van der Waals surface area contributed by atoms with Crippen molar-refractivity contribution in [2.24, 2.45) is 5.92 Å². The van der Waals surface area contributed by atoms with E-state index in [1.165, 1.54) is 0 Å². The van der Waals surface area contributed by atoms with Crippen LogP contribution < -0.4 is 10.6 Å². The summed E-state index contributed by atoms with van der Waals surface area (Å²) >= 11 is 5.81. The molecular formula is C19H29Cl2N3O2. The first-order valence-corrected chi connectivity index (χ1v) is 9.50. The molecule has 1 aromatic carbocycles. The molecule has 1 fully saturated rings. The monoisotopic (exact) mass is 401 g/mol. The Labute approximate surface area is 167 Å². The number of hydrogen-bond donors (Lipinski definition) is 2. The van der Waals surface area contributed by atoms with Gasteiger partial charge in [0.2, 0.25) is 5.91 Å². The number of rotatable bonds is 8. The molecule has 2 N–H and O–H groups in total. The summed E-state index contributed by atoms with van der Waals surface area (Å²) in [6.07, 6.45) is 3.30. The van der Waals surface area contributed by atoms with Gasteiger partial charge < -0.3 is 15.5 Å². The molecule has 0 spiro atoms. The van der Waals surface area contributed by atoms with Crippen molar-refractivity contribution in [3.63, 3.8) is 0 Å². The molecule has 146 valence electrons. The fourth-order valence-electron chi connectivity index (χ4n) is 3.04. The van der Waals surface area contributed by atoms with Gasteiger partial charge in [-0.3, -0.25) is 9.59 Å². The molecule has 1 aliphatic rings. The summed E-state index contributed by atoms with van der Waals surface area (Å²) in [7, 11) is 0. The fraction of sp³-hybridized carbons (Fsp3) is 0.579. The minimum absolute atomic E-state index is 0. The van der Waals surface area contributed by atoms with Gasteiger partial charge in [0.05, 0.1) is 0 Å². The standard InChI is InChI=1S/C19H28ClN3O2.ClH/c1-2-21-14-15-9-12-23(13-10-15)18(24)4-3-11-22-19(25)16-5-7-17(20)8-6-16;/h5-8,15,21H,2-4,9-14H2,1H3,(H,22,25);1H. The summed E-state index contributed by atoms with van der Waals surface area (Å²) in [4.78, 5) is 26.2. The lowest BCUT2D eigenvalue weighted by molar-refractivity contribution is -0.132. The zero-order chi connectivity index (χ0) is 18.1. The van der Waals surface area contributed by atoms with Gasteiger partial charge in [0.25, 0.3) is 5.91 Å². The van der Waals surface area contributed by atoms with Crippen LogP contribution in [-0.2, 0) is 4.79 Å². The highest BCUT2D eigenvalue weighted by molar-refractivity contribution is 6.30. The Kier molecular flexibility index (Phi) is 10.6. The highest BCUT2D eigenvalue weighted by atomic mass is 35.5.